The van der Waals surface area contributed by atoms with Crippen molar-refractivity contribution in [3.05, 3.63) is 76.7 Å². The normalized spacial score (nSPS) is 15.9. The lowest BCUT2D eigenvalue weighted by Crippen LogP contribution is -2.30. The van der Waals surface area contributed by atoms with Crippen molar-refractivity contribution >= 4 is 16.6 Å². The van der Waals surface area contributed by atoms with E-state index in [2.05, 4.69) is 19.9 Å². The second-order valence-corrected chi connectivity index (χ2v) is 7.04. The van der Waals surface area contributed by atoms with Gasteiger partial charge in [-0.15, -0.1) is 0 Å². The van der Waals surface area contributed by atoms with E-state index < -0.39 is 0 Å². The van der Waals surface area contributed by atoms with Crippen molar-refractivity contribution < 1.29 is 4.39 Å². The highest BCUT2D eigenvalue weighted by molar-refractivity contribution is 6.14. The molecule has 0 unspecified atom stereocenters. The average Bonchev–Trinajstić information content (AvgIpc) is 2.57. The Morgan fingerprint density at radius 1 is 1.00 bits per heavy atom. The fraction of sp³-hybridized carbons (Fsp3) is 0.238. The van der Waals surface area contributed by atoms with Gasteiger partial charge in [0.25, 0.3) is 0 Å². The molecule has 0 aliphatic carbocycles. The van der Waals surface area contributed by atoms with E-state index in [1.165, 1.54) is 6.07 Å². The van der Waals surface area contributed by atoms with Gasteiger partial charge in [0.15, 0.2) is 0 Å². The van der Waals surface area contributed by atoms with Crippen LogP contribution in [0, 0.1) is 12.7 Å². The first-order valence-electron chi connectivity index (χ1n) is 8.19. The van der Waals surface area contributed by atoms with E-state index in [9.17, 15) is 4.39 Å². The molecule has 2 nitrogen and oxygen atoms in total. The molecule has 3 heteroatoms. The topological polar surface area (TPSA) is 25.2 Å². The van der Waals surface area contributed by atoms with Gasteiger partial charge in [0.05, 0.1) is 22.5 Å². The summed E-state index contributed by atoms with van der Waals surface area (Å²) in [5.74, 6) is -0.155. The predicted molar refractivity (Wildman–Crippen MR) is 96.3 cm³/mol. The molecule has 0 saturated carbocycles. The Balaban J connectivity index is 1.95. The molecule has 120 valence electrons. The van der Waals surface area contributed by atoms with E-state index in [4.69, 9.17) is 9.98 Å². The van der Waals surface area contributed by atoms with Gasteiger partial charge >= 0.3 is 0 Å². The van der Waals surface area contributed by atoms with Gasteiger partial charge in [0, 0.05) is 10.9 Å². The molecule has 4 rings (SSSR count). The number of aromatic nitrogens is 1. The number of benzene rings is 2. The molecule has 2 heterocycles. The van der Waals surface area contributed by atoms with Gasteiger partial charge in [0.2, 0.25) is 0 Å². The van der Waals surface area contributed by atoms with Crippen LogP contribution in [-0.4, -0.2) is 16.2 Å². The van der Waals surface area contributed by atoms with E-state index in [0.717, 1.165) is 39.9 Å². The molecule has 0 bridgehead atoms. The summed E-state index contributed by atoms with van der Waals surface area (Å²) < 4.78 is 14.0. The lowest BCUT2D eigenvalue weighted by molar-refractivity contribution is 0.508. The molecule has 0 fully saturated rings. The van der Waals surface area contributed by atoms with Gasteiger partial charge in [-0.2, -0.15) is 0 Å². The summed E-state index contributed by atoms with van der Waals surface area (Å²) in [4.78, 5) is 9.73. The van der Waals surface area contributed by atoms with Crippen LogP contribution in [0.3, 0.4) is 0 Å². The van der Waals surface area contributed by atoms with Crippen LogP contribution in [0.25, 0.3) is 10.9 Å². The van der Waals surface area contributed by atoms with Crippen molar-refractivity contribution in [3.8, 4) is 0 Å². The fourth-order valence-corrected chi connectivity index (χ4v) is 3.41. The first-order chi connectivity index (χ1) is 11.4. The fourth-order valence-electron chi connectivity index (χ4n) is 3.41. The minimum absolute atomic E-state index is 0.155. The molecule has 0 spiro atoms. The smallest absolute Gasteiger partial charge is 0.126 e. The van der Waals surface area contributed by atoms with Gasteiger partial charge in [-0.25, -0.2) is 9.37 Å². The van der Waals surface area contributed by atoms with Crippen LogP contribution in [-0.2, 0) is 6.42 Å². The summed E-state index contributed by atoms with van der Waals surface area (Å²) in [7, 11) is 0. The van der Waals surface area contributed by atoms with Gasteiger partial charge < -0.3 is 0 Å². The highest BCUT2D eigenvalue weighted by atomic mass is 19.1. The minimum atomic E-state index is -0.270. The summed E-state index contributed by atoms with van der Waals surface area (Å²) >= 11 is 0. The van der Waals surface area contributed by atoms with Crippen LogP contribution in [0.5, 0.6) is 0 Å². The number of aliphatic imine (C=N–C) groups is 1. The van der Waals surface area contributed by atoms with E-state index in [1.807, 2.05) is 43.3 Å². The van der Waals surface area contributed by atoms with Gasteiger partial charge in [-0.05, 0) is 62.6 Å². The van der Waals surface area contributed by atoms with Crippen molar-refractivity contribution in [1.29, 1.82) is 0 Å². The van der Waals surface area contributed by atoms with E-state index in [0.29, 0.717) is 5.56 Å². The van der Waals surface area contributed by atoms with E-state index in [1.54, 1.807) is 0 Å². The number of nitrogens with zero attached hydrogens (tertiary/aromatic N) is 2. The summed E-state index contributed by atoms with van der Waals surface area (Å²) in [6, 6.07) is 15.5. The zero-order valence-corrected chi connectivity index (χ0v) is 14.1. The molecular weight excluding hydrogens is 299 g/mol. The van der Waals surface area contributed by atoms with Crippen LogP contribution in [0.2, 0.25) is 0 Å². The lowest BCUT2D eigenvalue weighted by Gasteiger charge is -2.30. The number of para-hydroxylation sites is 1. The average molecular weight is 318 g/mol. The Bertz CT molecular complexity index is 986. The Morgan fingerprint density at radius 2 is 1.79 bits per heavy atom. The molecule has 0 saturated heterocycles. The van der Waals surface area contributed by atoms with Crippen LogP contribution < -0.4 is 0 Å². The lowest BCUT2D eigenvalue weighted by atomic mass is 9.83. The first-order valence-corrected chi connectivity index (χ1v) is 8.19. The van der Waals surface area contributed by atoms with Gasteiger partial charge in [0.1, 0.15) is 5.82 Å². The molecular formula is C21H19FN2. The second kappa shape index (κ2) is 5.23. The zero-order chi connectivity index (χ0) is 16.9. The molecule has 2 aromatic carbocycles. The Labute approximate surface area is 141 Å². The molecule has 1 aliphatic rings. The Morgan fingerprint density at radius 3 is 2.62 bits per heavy atom. The molecule has 24 heavy (non-hydrogen) atoms. The van der Waals surface area contributed by atoms with Crippen LogP contribution in [0.1, 0.15) is 36.2 Å². The van der Waals surface area contributed by atoms with Crippen molar-refractivity contribution in [2.24, 2.45) is 4.99 Å². The standard InChI is InChI=1S/C21H19FN2/c1-13-16-12-21(2,3)24-20(15(16)9-10-17(13)22)19-11-8-14-6-4-5-7-18(14)23-19/h4-11H,12H2,1-3H3. The monoisotopic (exact) mass is 318 g/mol. The van der Waals surface area contributed by atoms with Crippen LogP contribution in [0.15, 0.2) is 53.5 Å². The molecule has 1 aliphatic heterocycles. The molecule has 0 N–H and O–H groups in total. The third kappa shape index (κ3) is 2.41. The Hall–Kier alpha value is -2.55. The maximum Gasteiger partial charge on any atom is 0.126 e. The number of halogens is 1. The summed E-state index contributed by atoms with van der Waals surface area (Å²) in [6.45, 7) is 6.02. The summed E-state index contributed by atoms with van der Waals surface area (Å²) in [6.07, 6.45) is 0.739. The number of hydrogen-bond acceptors (Lipinski definition) is 2. The number of hydrogen-bond donors (Lipinski definition) is 0. The van der Waals surface area contributed by atoms with E-state index in [-0.39, 0.29) is 11.4 Å². The summed E-state index contributed by atoms with van der Waals surface area (Å²) in [5.41, 5.74) is 5.13. The third-order valence-electron chi connectivity index (χ3n) is 4.65. The molecule has 0 radical (unpaired) electrons. The number of fused-ring (bicyclic) bond motifs is 2. The van der Waals surface area contributed by atoms with Crippen LogP contribution in [0.4, 0.5) is 4.39 Å². The predicted octanol–water partition coefficient (Wildman–Crippen LogP) is 4.85. The highest BCUT2D eigenvalue weighted by Gasteiger charge is 2.29. The number of pyridine rings is 1. The highest BCUT2D eigenvalue weighted by Crippen LogP contribution is 2.32. The van der Waals surface area contributed by atoms with Crippen molar-refractivity contribution in [2.45, 2.75) is 32.7 Å². The SMILES string of the molecule is Cc1c(F)ccc2c1CC(C)(C)N=C2c1ccc2ccccc2n1. The van der Waals surface area contributed by atoms with Gasteiger partial charge in [-0.1, -0.05) is 24.3 Å². The van der Waals surface area contributed by atoms with Crippen molar-refractivity contribution in [3.63, 3.8) is 0 Å². The Kier molecular flexibility index (Phi) is 3.27. The van der Waals surface area contributed by atoms with Crippen molar-refractivity contribution in [2.75, 3.05) is 0 Å². The molecule has 3 aromatic rings. The van der Waals surface area contributed by atoms with E-state index >= 15 is 0 Å². The third-order valence-corrected chi connectivity index (χ3v) is 4.65. The zero-order valence-electron chi connectivity index (χ0n) is 14.1. The summed E-state index contributed by atoms with van der Waals surface area (Å²) in [5, 5.41) is 1.10. The first kappa shape index (κ1) is 15.0. The quantitative estimate of drug-likeness (QED) is 0.629. The van der Waals surface area contributed by atoms with Crippen molar-refractivity contribution in [1.82, 2.24) is 4.98 Å². The molecule has 0 atom stereocenters. The maximum absolute atomic E-state index is 14.0. The minimum Gasteiger partial charge on any atom is -0.276 e. The molecule has 0 amide bonds. The largest absolute Gasteiger partial charge is 0.276 e. The molecule has 1 aromatic heterocycles. The van der Waals surface area contributed by atoms with Gasteiger partial charge in [-0.3, -0.25) is 4.99 Å². The second-order valence-electron chi connectivity index (χ2n) is 7.04. The van der Waals surface area contributed by atoms with Crippen LogP contribution >= 0.6 is 0 Å². The number of rotatable bonds is 1. The maximum atomic E-state index is 14.0.